The summed E-state index contributed by atoms with van der Waals surface area (Å²) in [5, 5.41) is 15.7. The van der Waals surface area contributed by atoms with E-state index in [1.807, 2.05) is 32.0 Å². The predicted molar refractivity (Wildman–Crippen MR) is 116 cm³/mol. The van der Waals surface area contributed by atoms with Gasteiger partial charge in [0.1, 0.15) is 0 Å². The number of benzene rings is 2. The van der Waals surface area contributed by atoms with Crippen LogP contribution in [0.1, 0.15) is 25.8 Å². The molecule has 2 heterocycles. The lowest BCUT2D eigenvalue weighted by atomic mass is 9.98. The first-order chi connectivity index (χ1) is 14.2. The van der Waals surface area contributed by atoms with Crippen LogP contribution in [0.4, 0.5) is 0 Å². The molecular formula is C22H29N7. The van der Waals surface area contributed by atoms with E-state index in [0.29, 0.717) is 12.4 Å². The number of nitrogens with one attached hydrogen (secondary N) is 1. The van der Waals surface area contributed by atoms with Crippen LogP contribution in [-0.4, -0.2) is 38.3 Å². The molecule has 0 saturated carbocycles. The van der Waals surface area contributed by atoms with Gasteiger partial charge in [-0.15, -0.1) is 10.2 Å². The van der Waals surface area contributed by atoms with Gasteiger partial charge in [-0.3, -0.25) is 0 Å². The molecule has 1 aromatic heterocycles. The molecule has 152 valence electrons. The van der Waals surface area contributed by atoms with Crippen molar-refractivity contribution in [1.82, 2.24) is 30.4 Å². The highest BCUT2D eigenvalue weighted by Crippen LogP contribution is 2.30. The summed E-state index contributed by atoms with van der Waals surface area (Å²) in [6, 6.07) is 16.8. The van der Waals surface area contributed by atoms with Gasteiger partial charge in [0.25, 0.3) is 0 Å². The lowest BCUT2D eigenvalue weighted by Crippen LogP contribution is -2.24. The van der Waals surface area contributed by atoms with Gasteiger partial charge in [0.2, 0.25) is 5.82 Å². The second-order valence-corrected chi connectivity index (χ2v) is 6.58. The normalized spacial score (nSPS) is 12.8. The van der Waals surface area contributed by atoms with Crippen LogP contribution in [0.3, 0.4) is 0 Å². The predicted octanol–water partition coefficient (Wildman–Crippen LogP) is 3.12. The Kier molecular flexibility index (Phi) is 6.97. The Morgan fingerprint density at radius 3 is 2.41 bits per heavy atom. The molecule has 0 spiro atoms. The molecule has 0 amide bonds. The zero-order chi connectivity index (χ0) is 20.6. The molecule has 7 nitrogen and oxygen atoms in total. The summed E-state index contributed by atoms with van der Waals surface area (Å²) in [7, 11) is 1.77. The van der Waals surface area contributed by atoms with Crippen LogP contribution in [-0.2, 0) is 13.6 Å². The van der Waals surface area contributed by atoms with E-state index in [-0.39, 0.29) is 0 Å². The zero-order valence-corrected chi connectivity index (χ0v) is 17.3. The smallest absolute Gasteiger partial charge is 0.205 e. The number of nitrogens with two attached hydrogens (primary N) is 1. The van der Waals surface area contributed by atoms with Gasteiger partial charge in [0.15, 0.2) is 0 Å². The number of hydrogen-bond donors (Lipinski definition) is 2. The molecular weight excluding hydrogens is 362 g/mol. The molecule has 0 saturated heterocycles. The van der Waals surface area contributed by atoms with Crippen molar-refractivity contribution in [3.63, 3.8) is 0 Å². The number of tetrazole rings is 1. The molecule has 0 unspecified atom stereocenters. The maximum atomic E-state index is 5.70. The summed E-state index contributed by atoms with van der Waals surface area (Å²) >= 11 is 0. The SMILES string of the molecule is CC.Cn1nnc(-c2ccccc2-c2ccc(CN3CNC=C3CCN)cc2)n1. The molecule has 3 aromatic rings. The Labute approximate surface area is 172 Å². The van der Waals surface area contributed by atoms with Crippen molar-refractivity contribution >= 4 is 0 Å². The lowest BCUT2D eigenvalue weighted by Gasteiger charge is -2.21. The van der Waals surface area contributed by atoms with Crippen molar-refractivity contribution in [2.75, 3.05) is 13.2 Å². The van der Waals surface area contributed by atoms with Crippen molar-refractivity contribution in [3.05, 3.63) is 66.0 Å². The molecule has 0 atom stereocenters. The Balaban J connectivity index is 0.00000117. The summed E-state index contributed by atoms with van der Waals surface area (Å²) in [6.45, 7) is 6.36. The monoisotopic (exact) mass is 391 g/mol. The Morgan fingerprint density at radius 2 is 1.76 bits per heavy atom. The molecule has 29 heavy (non-hydrogen) atoms. The minimum absolute atomic E-state index is 0.636. The maximum Gasteiger partial charge on any atom is 0.205 e. The molecule has 0 aliphatic carbocycles. The van der Waals surface area contributed by atoms with Crippen LogP contribution in [0.15, 0.2) is 60.4 Å². The van der Waals surface area contributed by atoms with E-state index in [1.54, 1.807) is 7.05 Å². The summed E-state index contributed by atoms with van der Waals surface area (Å²) < 4.78 is 0. The van der Waals surface area contributed by atoms with E-state index in [1.165, 1.54) is 16.1 Å². The van der Waals surface area contributed by atoms with Crippen LogP contribution in [0.2, 0.25) is 0 Å². The average molecular weight is 392 g/mol. The van der Waals surface area contributed by atoms with Crippen molar-refractivity contribution in [3.8, 4) is 22.5 Å². The first-order valence-electron chi connectivity index (χ1n) is 10.0. The Morgan fingerprint density at radius 1 is 1.03 bits per heavy atom. The number of rotatable bonds is 6. The van der Waals surface area contributed by atoms with Gasteiger partial charge in [-0.2, -0.15) is 4.80 Å². The second-order valence-electron chi connectivity index (χ2n) is 6.58. The third-order valence-corrected chi connectivity index (χ3v) is 4.67. The highest BCUT2D eigenvalue weighted by molar-refractivity contribution is 5.80. The van der Waals surface area contributed by atoms with Crippen LogP contribution in [0.5, 0.6) is 0 Å². The third-order valence-electron chi connectivity index (χ3n) is 4.67. The first-order valence-corrected chi connectivity index (χ1v) is 10.0. The second kappa shape index (κ2) is 9.84. The number of aromatic nitrogens is 4. The molecule has 0 fully saturated rings. The van der Waals surface area contributed by atoms with Gasteiger partial charge in [-0.1, -0.05) is 62.4 Å². The maximum absolute atomic E-state index is 5.70. The molecule has 0 radical (unpaired) electrons. The van der Waals surface area contributed by atoms with E-state index in [9.17, 15) is 0 Å². The minimum atomic E-state index is 0.636. The van der Waals surface area contributed by atoms with Crippen LogP contribution in [0.25, 0.3) is 22.5 Å². The molecule has 3 N–H and O–H groups in total. The van der Waals surface area contributed by atoms with Crippen molar-refractivity contribution in [2.45, 2.75) is 26.8 Å². The quantitative estimate of drug-likeness (QED) is 0.672. The summed E-state index contributed by atoms with van der Waals surface area (Å²) in [6.07, 6.45) is 2.95. The highest BCUT2D eigenvalue weighted by atomic mass is 15.6. The van der Waals surface area contributed by atoms with Gasteiger partial charge in [0.05, 0.1) is 13.7 Å². The third kappa shape index (κ3) is 4.81. The topological polar surface area (TPSA) is 84.9 Å². The Bertz CT molecular complexity index is 944. The summed E-state index contributed by atoms with van der Waals surface area (Å²) in [5.41, 5.74) is 11.4. The van der Waals surface area contributed by atoms with Gasteiger partial charge in [-0.05, 0) is 28.4 Å². The summed E-state index contributed by atoms with van der Waals surface area (Å²) in [4.78, 5) is 3.80. The molecule has 2 aromatic carbocycles. The van der Waals surface area contributed by atoms with E-state index < -0.39 is 0 Å². The highest BCUT2D eigenvalue weighted by Gasteiger charge is 2.15. The van der Waals surface area contributed by atoms with Gasteiger partial charge in [0, 0.05) is 30.4 Å². The van der Waals surface area contributed by atoms with E-state index in [4.69, 9.17) is 5.73 Å². The molecule has 4 rings (SSSR count). The lowest BCUT2D eigenvalue weighted by molar-refractivity contribution is 0.346. The van der Waals surface area contributed by atoms with E-state index in [0.717, 1.165) is 36.3 Å². The zero-order valence-electron chi connectivity index (χ0n) is 17.3. The first kappa shape index (κ1) is 20.5. The molecule has 1 aliphatic heterocycles. The van der Waals surface area contributed by atoms with Gasteiger partial charge >= 0.3 is 0 Å². The van der Waals surface area contributed by atoms with Gasteiger partial charge < -0.3 is 16.0 Å². The molecule has 0 bridgehead atoms. The fourth-order valence-corrected chi connectivity index (χ4v) is 3.33. The molecule has 7 heteroatoms. The number of hydrogen-bond acceptors (Lipinski definition) is 6. The van der Waals surface area contributed by atoms with E-state index in [2.05, 4.69) is 62.2 Å². The number of aryl methyl sites for hydroxylation is 1. The van der Waals surface area contributed by atoms with Crippen molar-refractivity contribution in [2.24, 2.45) is 12.8 Å². The standard InChI is InChI=1S/C20H23N7.C2H6/c1-26-24-20(23-25-26)19-5-3-2-4-18(19)16-8-6-15(7-9-16)13-27-14-22-12-17(27)10-11-21;1-2/h2-9,12,22H,10-11,13-14,21H2,1H3;1-2H3. The Hall–Kier alpha value is -3.19. The fraction of sp³-hybridized carbons (Fsp3) is 0.318. The molecule has 1 aliphatic rings. The van der Waals surface area contributed by atoms with Crippen molar-refractivity contribution < 1.29 is 0 Å². The summed E-state index contributed by atoms with van der Waals surface area (Å²) in [5.74, 6) is 0.636. The fourth-order valence-electron chi connectivity index (χ4n) is 3.33. The minimum Gasteiger partial charge on any atom is -0.372 e. The van der Waals surface area contributed by atoms with E-state index >= 15 is 0 Å². The van der Waals surface area contributed by atoms with Crippen LogP contribution >= 0.6 is 0 Å². The van der Waals surface area contributed by atoms with Crippen molar-refractivity contribution in [1.29, 1.82) is 0 Å². The largest absolute Gasteiger partial charge is 0.372 e. The van der Waals surface area contributed by atoms with Gasteiger partial charge in [-0.25, -0.2) is 0 Å². The average Bonchev–Trinajstić information content (AvgIpc) is 3.39. The van der Waals surface area contributed by atoms with Crippen LogP contribution in [0, 0.1) is 0 Å². The number of nitrogens with zero attached hydrogens (tertiary/aromatic N) is 5. The van der Waals surface area contributed by atoms with Crippen LogP contribution < -0.4 is 11.1 Å².